The molecule has 0 radical (unpaired) electrons. The normalized spacial score (nSPS) is 18.9. The van der Waals surface area contributed by atoms with Gasteiger partial charge in [0.2, 0.25) is 0 Å². The average molecular weight is 305 g/mol. The molecule has 1 aliphatic heterocycles. The summed E-state index contributed by atoms with van der Waals surface area (Å²) < 4.78 is 13.3. The highest BCUT2D eigenvalue weighted by atomic mass is 35.5. The van der Waals surface area contributed by atoms with Crippen LogP contribution in [-0.2, 0) is 6.54 Å². The molecule has 4 heteroatoms. The lowest BCUT2D eigenvalue weighted by atomic mass is 10.2. The SMILES string of the molecule is Fc1cc(Cl)cc(NC2CCN(Cc3ccccc3)C2)c1. The van der Waals surface area contributed by atoms with Crippen molar-refractivity contribution in [3.05, 3.63) is 64.9 Å². The molecular formula is C17H18ClFN2. The molecule has 2 aromatic carbocycles. The Morgan fingerprint density at radius 1 is 1.19 bits per heavy atom. The van der Waals surface area contributed by atoms with Gasteiger partial charge in [0, 0.05) is 36.4 Å². The Morgan fingerprint density at radius 2 is 2.00 bits per heavy atom. The van der Waals surface area contributed by atoms with Crippen molar-refractivity contribution in [3.63, 3.8) is 0 Å². The topological polar surface area (TPSA) is 15.3 Å². The molecule has 1 unspecified atom stereocenters. The summed E-state index contributed by atoms with van der Waals surface area (Å²) in [5.41, 5.74) is 2.08. The fraction of sp³-hybridized carbons (Fsp3) is 0.294. The van der Waals surface area contributed by atoms with Crippen molar-refractivity contribution >= 4 is 17.3 Å². The summed E-state index contributed by atoms with van der Waals surface area (Å²) in [6.07, 6.45) is 1.06. The van der Waals surface area contributed by atoms with E-state index in [4.69, 9.17) is 11.6 Å². The Morgan fingerprint density at radius 3 is 2.76 bits per heavy atom. The van der Waals surface area contributed by atoms with Crippen LogP contribution in [0.3, 0.4) is 0 Å². The van der Waals surface area contributed by atoms with Gasteiger partial charge in [0.25, 0.3) is 0 Å². The number of nitrogens with one attached hydrogen (secondary N) is 1. The van der Waals surface area contributed by atoms with Crippen LogP contribution in [0.1, 0.15) is 12.0 Å². The van der Waals surface area contributed by atoms with E-state index in [1.807, 2.05) is 6.07 Å². The second-order valence-electron chi connectivity index (χ2n) is 5.51. The first kappa shape index (κ1) is 14.4. The zero-order chi connectivity index (χ0) is 14.7. The highest BCUT2D eigenvalue weighted by molar-refractivity contribution is 6.30. The third-order valence-electron chi connectivity index (χ3n) is 3.75. The average Bonchev–Trinajstić information content (AvgIpc) is 2.86. The molecule has 1 fully saturated rings. The third kappa shape index (κ3) is 3.96. The summed E-state index contributed by atoms with van der Waals surface area (Å²) in [7, 11) is 0. The number of nitrogens with zero attached hydrogens (tertiary/aromatic N) is 1. The van der Waals surface area contributed by atoms with E-state index in [0.29, 0.717) is 11.1 Å². The van der Waals surface area contributed by atoms with Crippen LogP contribution in [0.15, 0.2) is 48.5 Å². The fourth-order valence-corrected chi connectivity index (χ4v) is 3.03. The minimum Gasteiger partial charge on any atom is -0.381 e. The molecule has 1 atom stereocenters. The van der Waals surface area contributed by atoms with Crippen LogP contribution >= 0.6 is 11.6 Å². The van der Waals surface area contributed by atoms with E-state index in [9.17, 15) is 4.39 Å². The smallest absolute Gasteiger partial charge is 0.126 e. The molecule has 1 heterocycles. The Balaban J connectivity index is 1.57. The van der Waals surface area contributed by atoms with Gasteiger partial charge in [-0.2, -0.15) is 0 Å². The van der Waals surface area contributed by atoms with Crippen molar-refractivity contribution < 1.29 is 4.39 Å². The van der Waals surface area contributed by atoms with Gasteiger partial charge in [0.1, 0.15) is 5.82 Å². The Hall–Kier alpha value is -1.58. The largest absolute Gasteiger partial charge is 0.381 e. The molecule has 1 N–H and O–H groups in total. The molecule has 0 aliphatic carbocycles. The highest BCUT2D eigenvalue weighted by Crippen LogP contribution is 2.22. The second kappa shape index (κ2) is 6.46. The van der Waals surface area contributed by atoms with E-state index in [1.165, 1.54) is 17.7 Å². The molecule has 2 nitrogen and oxygen atoms in total. The third-order valence-corrected chi connectivity index (χ3v) is 3.97. The summed E-state index contributed by atoms with van der Waals surface area (Å²) in [5, 5.41) is 3.80. The van der Waals surface area contributed by atoms with Gasteiger partial charge in [-0.05, 0) is 30.2 Å². The van der Waals surface area contributed by atoms with Crippen LogP contribution in [0.4, 0.5) is 10.1 Å². The number of hydrogen-bond acceptors (Lipinski definition) is 2. The maximum atomic E-state index is 13.3. The van der Waals surface area contributed by atoms with Crippen molar-refractivity contribution in [2.75, 3.05) is 18.4 Å². The number of benzene rings is 2. The van der Waals surface area contributed by atoms with Crippen LogP contribution in [0, 0.1) is 5.82 Å². The molecule has 0 amide bonds. The van der Waals surface area contributed by atoms with Crippen molar-refractivity contribution in [2.24, 2.45) is 0 Å². The van der Waals surface area contributed by atoms with Gasteiger partial charge in [-0.15, -0.1) is 0 Å². The summed E-state index contributed by atoms with van der Waals surface area (Å²) in [6, 6.07) is 15.4. The molecule has 0 saturated carbocycles. The lowest BCUT2D eigenvalue weighted by Crippen LogP contribution is -2.26. The van der Waals surface area contributed by atoms with Crippen LogP contribution in [0.5, 0.6) is 0 Å². The standard InChI is InChI=1S/C17H18ClFN2/c18-14-8-15(19)10-17(9-14)20-16-6-7-21(12-16)11-13-4-2-1-3-5-13/h1-5,8-10,16,20H,6-7,11-12H2. The van der Waals surface area contributed by atoms with Crippen LogP contribution < -0.4 is 5.32 Å². The summed E-state index contributed by atoms with van der Waals surface area (Å²) in [4.78, 5) is 2.41. The zero-order valence-corrected chi connectivity index (χ0v) is 12.5. The van der Waals surface area contributed by atoms with Crippen LogP contribution in [0.2, 0.25) is 5.02 Å². The second-order valence-corrected chi connectivity index (χ2v) is 5.95. The molecular weight excluding hydrogens is 287 g/mol. The number of likely N-dealkylation sites (tertiary alicyclic amines) is 1. The molecule has 3 rings (SSSR count). The predicted octanol–water partition coefficient (Wildman–Crippen LogP) is 4.17. The zero-order valence-electron chi connectivity index (χ0n) is 11.7. The van der Waals surface area contributed by atoms with Crippen molar-refractivity contribution in [3.8, 4) is 0 Å². The van der Waals surface area contributed by atoms with E-state index >= 15 is 0 Å². The monoisotopic (exact) mass is 304 g/mol. The first-order valence-electron chi connectivity index (χ1n) is 7.18. The maximum absolute atomic E-state index is 13.3. The fourth-order valence-electron chi connectivity index (χ4n) is 2.81. The molecule has 21 heavy (non-hydrogen) atoms. The van der Waals surface area contributed by atoms with Gasteiger partial charge in [-0.1, -0.05) is 41.9 Å². The highest BCUT2D eigenvalue weighted by Gasteiger charge is 2.22. The van der Waals surface area contributed by atoms with Gasteiger partial charge >= 0.3 is 0 Å². The minimum atomic E-state index is -0.302. The van der Waals surface area contributed by atoms with Gasteiger partial charge in [-0.3, -0.25) is 4.90 Å². The molecule has 1 aliphatic rings. The van der Waals surface area contributed by atoms with E-state index in [-0.39, 0.29) is 5.82 Å². The Kier molecular flexibility index (Phi) is 4.42. The van der Waals surface area contributed by atoms with Gasteiger partial charge in [0.05, 0.1) is 0 Å². The van der Waals surface area contributed by atoms with Crippen LogP contribution in [0.25, 0.3) is 0 Å². The van der Waals surface area contributed by atoms with Gasteiger partial charge in [0.15, 0.2) is 0 Å². The van der Waals surface area contributed by atoms with Crippen molar-refractivity contribution in [2.45, 2.75) is 19.0 Å². The van der Waals surface area contributed by atoms with E-state index in [2.05, 4.69) is 34.5 Å². The summed E-state index contributed by atoms with van der Waals surface area (Å²) in [5.74, 6) is -0.302. The molecule has 0 aromatic heterocycles. The lowest BCUT2D eigenvalue weighted by molar-refractivity contribution is 0.328. The number of anilines is 1. The van der Waals surface area contributed by atoms with E-state index < -0.39 is 0 Å². The van der Waals surface area contributed by atoms with E-state index in [1.54, 1.807) is 6.07 Å². The van der Waals surface area contributed by atoms with Gasteiger partial charge in [-0.25, -0.2) is 4.39 Å². The number of halogens is 2. The van der Waals surface area contributed by atoms with Crippen molar-refractivity contribution in [1.82, 2.24) is 4.90 Å². The Labute approximate surface area is 129 Å². The predicted molar refractivity (Wildman–Crippen MR) is 85.2 cm³/mol. The molecule has 0 spiro atoms. The maximum Gasteiger partial charge on any atom is 0.126 e. The minimum absolute atomic E-state index is 0.302. The number of hydrogen-bond donors (Lipinski definition) is 1. The lowest BCUT2D eigenvalue weighted by Gasteiger charge is -2.17. The molecule has 1 saturated heterocycles. The molecule has 2 aromatic rings. The first-order valence-corrected chi connectivity index (χ1v) is 7.56. The van der Waals surface area contributed by atoms with E-state index in [0.717, 1.165) is 31.7 Å². The molecule has 110 valence electrons. The quantitative estimate of drug-likeness (QED) is 0.912. The van der Waals surface area contributed by atoms with Crippen LogP contribution in [-0.4, -0.2) is 24.0 Å². The first-order chi connectivity index (χ1) is 10.2. The molecule has 0 bridgehead atoms. The summed E-state index contributed by atoms with van der Waals surface area (Å²) in [6.45, 7) is 2.97. The summed E-state index contributed by atoms with van der Waals surface area (Å²) >= 11 is 5.88. The van der Waals surface area contributed by atoms with Gasteiger partial charge < -0.3 is 5.32 Å². The number of rotatable bonds is 4. The van der Waals surface area contributed by atoms with Crippen molar-refractivity contribution in [1.29, 1.82) is 0 Å². The Bertz CT molecular complexity index is 583.